The van der Waals surface area contributed by atoms with E-state index < -0.39 is 6.67 Å². The zero-order valence-electron chi connectivity index (χ0n) is 5.21. The van der Waals surface area contributed by atoms with Crippen molar-refractivity contribution in [2.45, 2.75) is 6.67 Å². The number of hydrogen-bond acceptors (Lipinski definition) is 2. The fourth-order valence-electron chi connectivity index (χ4n) is 0.679. The Hall–Kier alpha value is -1.25. The van der Waals surface area contributed by atoms with Crippen LogP contribution in [-0.4, -0.2) is 10.2 Å². The van der Waals surface area contributed by atoms with Gasteiger partial charge < -0.3 is 10.2 Å². The first-order valence-electron chi connectivity index (χ1n) is 2.81. The lowest BCUT2D eigenvalue weighted by Crippen LogP contribution is -1.78. The van der Waals surface area contributed by atoms with Gasteiger partial charge in [0.2, 0.25) is 0 Å². The van der Waals surface area contributed by atoms with Crippen LogP contribution in [0.15, 0.2) is 18.2 Å². The molecule has 10 heavy (non-hydrogen) atoms. The number of halogens is 1. The van der Waals surface area contributed by atoms with Crippen molar-refractivity contribution in [3.05, 3.63) is 23.8 Å². The Morgan fingerprint density at radius 3 is 2.50 bits per heavy atom. The molecular formula is C7H7FO2. The molecule has 1 rings (SSSR count). The van der Waals surface area contributed by atoms with Crippen molar-refractivity contribution >= 4 is 0 Å². The van der Waals surface area contributed by atoms with Gasteiger partial charge in [-0.25, -0.2) is 4.39 Å². The third-order valence-electron chi connectivity index (χ3n) is 1.21. The summed E-state index contributed by atoms with van der Waals surface area (Å²) in [5.74, 6) is -0.161. The van der Waals surface area contributed by atoms with Gasteiger partial charge in [0, 0.05) is 5.56 Å². The quantitative estimate of drug-likeness (QED) is 0.584. The standard InChI is InChI=1S/C7H7FO2/c8-4-5-3-6(9)1-2-7(5)10/h1-3,9-10H,4H2. The average Bonchev–Trinajstić information content (AvgIpc) is 1.94. The molecule has 0 amide bonds. The van der Waals surface area contributed by atoms with Crippen molar-refractivity contribution in [3.63, 3.8) is 0 Å². The maximum Gasteiger partial charge on any atom is 0.121 e. The third-order valence-corrected chi connectivity index (χ3v) is 1.21. The summed E-state index contributed by atoms with van der Waals surface area (Å²) in [5, 5.41) is 17.7. The van der Waals surface area contributed by atoms with Gasteiger partial charge in [0.15, 0.2) is 0 Å². The van der Waals surface area contributed by atoms with Crippen LogP contribution < -0.4 is 0 Å². The van der Waals surface area contributed by atoms with E-state index in [1.807, 2.05) is 0 Å². The van der Waals surface area contributed by atoms with E-state index in [0.29, 0.717) is 0 Å². The Bertz CT molecular complexity index is 235. The van der Waals surface area contributed by atoms with Gasteiger partial charge in [-0.1, -0.05) is 0 Å². The van der Waals surface area contributed by atoms with Crippen molar-refractivity contribution in [2.75, 3.05) is 0 Å². The molecule has 0 bridgehead atoms. The minimum absolute atomic E-state index is 0.0366. The highest BCUT2D eigenvalue weighted by molar-refractivity contribution is 5.37. The number of alkyl halides is 1. The predicted octanol–water partition coefficient (Wildman–Crippen LogP) is 1.57. The lowest BCUT2D eigenvalue weighted by molar-refractivity contribution is 0.424. The summed E-state index contributed by atoms with van der Waals surface area (Å²) in [6.07, 6.45) is 0. The van der Waals surface area contributed by atoms with Crippen molar-refractivity contribution in [3.8, 4) is 11.5 Å². The Morgan fingerprint density at radius 2 is 2.00 bits per heavy atom. The number of phenolic OH excluding ortho intramolecular Hbond substituents is 2. The third kappa shape index (κ3) is 1.18. The predicted molar refractivity (Wildman–Crippen MR) is 34.6 cm³/mol. The van der Waals surface area contributed by atoms with Gasteiger partial charge in [0.25, 0.3) is 0 Å². The van der Waals surface area contributed by atoms with Crippen LogP contribution in [0.2, 0.25) is 0 Å². The van der Waals surface area contributed by atoms with E-state index in [0.717, 1.165) is 0 Å². The van der Waals surface area contributed by atoms with Crippen molar-refractivity contribution in [1.82, 2.24) is 0 Å². The highest BCUT2D eigenvalue weighted by Gasteiger charge is 1.99. The highest BCUT2D eigenvalue weighted by Crippen LogP contribution is 2.22. The topological polar surface area (TPSA) is 40.5 Å². The molecule has 0 unspecified atom stereocenters. The Labute approximate surface area is 57.6 Å². The van der Waals surface area contributed by atoms with Gasteiger partial charge >= 0.3 is 0 Å². The lowest BCUT2D eigenvalue weighted by Gasteiger charge is -1.98. The first-order chi connectivity index (χ1) is 4.74. The molecule has 0 spiro atoms. The van der Waals surface area contributed by atoms with Gasteiger partial charge in [-0.05, 0) is 18.2 Å². The van der Waals surface area contributed by atoms with Gasteiger partial charge in [-0.3, -0.25) is 0 Å². The van der Waals surface area contributed by atoms with E-state index in [1.165, 1.54) is 18.2 Å². The molecule has 2 N–H and O–H groups in total. The number of hydrogen-bond donors (Lipinski definition) is 2. The summed E-state index contributed by atoms with van der Waals surface area (Å²) in [5.41, 5.74) is 0.111. The smallest absolute Gasteiger partial charge is 0.121 e. The van der Waals surface area contributed by atoms with E-state index in [4.69, 9.17) is 10.2 Å². The molecule has 0 aromatic heterocycles. The first-order valence-corrected chi connectivity index (χ1v) is 2.81. The zero-order chi connectivity index (χ0) is 7.56. The molecule has 0 saturated carbocycles. The Morgan fingerprint density at radius 1 is 1.30 bits per heavy atom. The van der Waals surface area contributed by atoms with E-state index in [-0.39, 0.29) is 17.1 Å². The summed E-state index contributed by atoms with van der Waals surface area (Å²) in [7, 11) is 0. The van der Waals surface area contributed by atoms with E-state index in [1.54, 1.807) is 0 Å². The molecule has 0 saturated heterocycles. The first kappa shape index (κ1) is 6.86. The minimum Gasteiger partial charge on any atom is -0.508 e. The SMILES string of the molecule is Oc1ccc(O)c(CF)c1. The number of rotatable bonds is 1. The molecule has 0 aliphatic heterocycles. The fraction of sp³-hybridized carbons (Fsp3) is 0.143. The van der Waals surface area contributed by atoms with E-state index >= 15 is 0 Å². The van der Waals surface area contributed by atoms with Crippen LogP contribution >= 0.6 is 0 Å². The van der Waals surface area contributed by atoms with Crippen molar-refractivity contribution in [1.29, 1.82) is 0 Å². The molecule has 54 valence electrons. The fourth-order valence-corrected chi connectivity index (χ4v) is 0.679. The molecule has 0 atom stereocenters. The van der Waals surface area contributed by atoms with E-state index in [2.05, 4.69) is 0 Å². The molecule has 1 aromatic carbocycles. The Kier molecular flexibility index (Phi) is 1.76. The second kappa shape index (κ2) is 2.56. The monoisotopic (exact) mass is 142 g/mol. The molecule has 0 fully saturated rings. The summed E-state index contributed by atoms with van der Waals surface area (Å²) in [6.45, 7) is -0.764. The average molecular weight is 142 g/mol. The zero-order valence-corrected chi connectivity index (χ0v) is 5.21. The minimum atomic E-state index is -0.764. The van der Waals surface area contributed by atoms with Crippen molar-refractivity contribution in [2.24, 2.45) is 0 Å². The molecule has 1 aromatic rings. The van der Waals surface area contributed by atoms with Crippen LogP contribution in [0.25, 0.3) is 0 Å². The number of benzene rings is 1. The second-order valence-corrected chi connectivity index (χ2v) is 1.95. The van der Waals surface area contributed by atoms with Crippen molar-refractivity contribution < 1.29 is 14.6 Å². The molecule has 0 aliphatic rings. The van der Waals surface area contributed by atoms with Crippen LogP contribution in [0.4, 0.5) is 4.39 Å². The number of phenols is 2. The molecular weight excluding hydrogens is 135 g/mol. The normalized spacial score (nSPS) is 9.70. The summed E-state index contributed by atoms with van der Waals surface area (Å²) >= 11 is 0. The lowest BCUT2D eigenvalue weighted by atomic mass is 10.2. The van der Waals surface area contributed by atoms with Crippen LogP contribution in [0.1, 0.15) is 5.56 Å². The maximum absolute atomic E-state index is 11.9. The molecule has 2 nitrogen and oxygen atoms in total. The van der Waals surface area contributed by atoms with Crippen LogP contribution in [0.3, 0.4) is 0 Å². The largest absolute Gasteiger partial charge is 0.508 e. The molecule has 0 heterocycles. The molecule has 0 aliphatic carbocycles. The van der Waals surface area contributed by atoms with Gasteiger partial charge in [0.05, 0.1) is 0 Å². The van der Waals surface area contributed by atoms with Gasteiger partial charge in [-0.15, -0.1) is 0 Å². The maximum atomic E-state index is 11.9. The summed E-state index contributed by atoms with van der Waals surface area (Å²) in [6, 6.07) is 3.74. The van der Waals surface area contributed by atoms with Crippen LogP contribution in [-0.2, 0) is 6.67 Å². The van der Waals surface area contributed by atoms with Crippen LogP contribution in [0.5, 0.6) is 11.5 Å². The van der Waals surface area contributed by atoms with Crippen LogP contribution in [0, 0.1) is 0 Å². The summed E-state index contributed by atoms with van der Waals surface area (Å²) in [4.78, 5) is 0. The summed E-state index contributed by atoms with van der Waals surface area (Å²) < 4.78 is 11.9. The second-order valence-electron chi connectivity index (χ2n) is 1.95. The van der Waals surface area contributed by atoms with Gasteiger partial charge in [-0.2, -0.15) is 0 Å². The highest BCUT2D eigenvalue weighted by atomic mass is 19.1. The van der Waals surface area contributed by atoms with E-state index in [9.17, 15) is 4.39 Å². The molecule has 0 radical (unpaired) electrons. The molecule has 3 heteroatoms. The van der Waals surface area contributed by atoms with Gasteiger partial charge in [0.1, 0.15) is 18.2 Å². The Balaban J connectivity index is 3.09. The number of aromatic hydroxyl groups is 2.